The molecule has 2 aromatic heterocycles. The molecular formula is C56H40N2S. The van der Waals surface area contributed by atoms with Crippen LogP contribution < -0.4 is 4.90 Å². The normalized spacial score (nSPS) is 11.6. The summed E-state index contributed by atoms with van der Waals surface area (Å²) < 4.78 is 4.96. The average Bonchev–Trinajstić information content (AvgIpc) is 3.85. The number of thiophene rings is 1. The van der Waals surface area contributed by atoms with Gasteiger partial charge < -0.3 is 9.47 Å². The van der Waals surface area contributed by atoms with Gasteiger partial charge in [-0.3, -0.25) is 0 Å². The number of hydrogen-bond acceptors (Lipinski definition) is 2. The number of fused-ring (bicyclic) bond motifs is 6. The van der Waals surface area contributed by atoms with Gasteiger partial charge in [0.2, 0.25) is 0 Å². The van der Waals surface area contributed by atoms with E-state index in [-0.39, 0.29) is 0 Å². The standard InChI is InChI=1S/C56H40N2S/c1-37-25-29-42(30-26-37)58(53-36-49(40-17-7-4-8-18-40)48(35-38(53)2)39-15-5-3-6-16-39)52-34-33-44(56-55(52)47-21-11-14-24-54(47)59-56)41-27-31-43(32-28-41)57-50-22-12-9-19-45(50)46-20-10-13-23-51(46)57/h3-36H,1-2H3. The Kier molecular flexibility index (Phi) is 8.49. The van der Waals surface area contributed by atoms with Gasteiger partial charge in [-0.15, -0.1) is 11.3 Å². The van der Waals surface area contributed by atoms with Crippen molar-refractivity contribution in [3.05, 3.63) is 217 Å². The zero-order chi connectivity index (χ0) is 39.5. The van der Waals surface area contributed by atoms with E-state index >= 15 is 0 Å². The van der Waals surface area contributed by atoms with E-state index < -0.39 is 0 Å². The Hall–Kier alpha value is -7.20. The highest BCUT2D eigenvalue weighted by Gasteiger charge is 2.24. The number of aromatic nitrogens is 1. The Morgan fingerprint density at radius 2 is 0.966 bits per heavy atom. The maximum absolute atomic E-state index is 2.49. The largest absolute Gasteiger partial charge is 0.310 e. The van der Waals surface area contributed by atoms with E-state index in [1.807, 2.05) is 11.3 Å². The minimum absolute atomic E-state index is 1.13. The van der Waals surface area contributed by atoms with Crippen LogP contribution in [0.2, 0.25) is 0 Å². The first-order valence-corrected chi connectivity index (χ1v) is 21.1. The predicted molar refractivity (Wildman–Crippen MR) is 254 cm³/mol. The van der Waals surface area contributed by atoms with Crippen molar-refractivity contribution < 1.29 is 0 Å². The molecule has 0 saturated carbocycles. The fourth-order valence-electron chi connectivity index (χ4n) is 8.97. The van der Waals surface area contributed by atoms with E-state index in [1.54, 1.807) is 0 Å². The molecule has 59 heavy (non-hydrogen) atoms. The van der Waals surface area contributed by atoms with Gasteiger partial charge in [0, 0.05) is 48.0 Å². The minimum atomic E-state index is 1.13. The third-order valence-electron chi connectivity index (χ3n) is 11.8. The van der Waals surface area contributed by atoms with Gasteiger partial charge in [0.15, 0.2) is 0 Å². The maximum atomic E-state index is 2.49. The smallest absolute Gasteiger partial charge is 0.0555 e. The van der Waals surface area contributed by atoms with Gasteiger partial charge in [0.25, 0.3) is 0 Å². The predicted octanol–water partition coefficient (Wildman–Crippen LogP) is 16.2. The lowest BCUT2D eigenvalue weighted by Crippen LogP contribution is -2.12. The van der Waals surface area contributed by atoms with Crippen LogP contribution in [0.5, 0.6) is 0 Å². The van der Waals surface area contributed by atoms with Crippen LogP contribution in [0.1, 0.15) is 11.1 Å². The Bertz CT molecular complexity index is 3270. The molecule has 0 fully saturated rings. The van der Waals surface area contributed by atoms with Crippen molar-refractivity contribution in [2.75, 3.05) is 4.90 Å². The van der Waals surface area contributed by atoms with E-state index in [2.05, 4.69) is 230 Å². The number of aryl methyl sites for hydroxylation is 2. The van der Waals surface area contributed by atoms with E-state index in [9.17, 15) is 0 Å². The number of benzene rings is 9. The number of nitrogens with zero attached hydrogens (tertiary/aromatic N) is 2. The zero-order valence-electron chi connectivity index (χ0n) is 32.9. The van der Waals surface area contributed by atoms with E-state index in [0.717, 1.165) is 17.1 Å². The van der Waals surface area contributed by atoms with Crippen molar-refractivity contribution in [1.82, 2.24) is 4.57 Å². The Balaban J connectivity index is 1.12. The van der Waals surface area contributed by atoms with Crippen molar-refractivity contribution in [2.24, 2.45) is 0 Å². The van der Waals surface area contributed by atoms with E-state index in [0.29, 0.717) is 0 Å². The molecule has 9 aromatic carbocycles. The van der Waals surface area contributed by atoms with Gasteiger partial charge in [-0.2, -0.15) is 0 Å². The Morgan fingerprint density at radius 1 is 0.424 bits per heavy atom. The van der Waals surface area contributed by atoms with Gasteiger partial charge in [-0.25, -0.2) is 0 Å². The lowest BCUT2D eigenvalue weighted by Gasteiger charge is -2.30. The van der Waals surface area contributed by atoms with Gasteiger partial charge >= 0.3 is 0 Å². The molecule has 0 amide bonds. The molecule has 2 nitrogen and oxygen atoms in total. The fraction of sp³-hybridized carbons (Fsp3) is 0.0357. The fourth-order valence-corrected chi connectivity index (χ4v) is 10.2. The van der Waals surface area contributed by atoms with Gasteiger partial charge in [0.05, 0.1) is 16.7 Å². The summed E-state index contributed by atoms with van der Waals surface area (Å²) >= 11 is 1.89. The summed E-state index contributed by atoms with van der Waals surface area (Å²) in [5.74, 6) is 0. The van der Waals surface area contributed by atoms with Crippen LogP contribution in [0.15, 0.2) is 206 Å². The molecule has 11 aromatic rings. The average molecular weight is 773 g/mol. The molecular weight excluding hydrogens is 733 g/mol. The second-order valence-electron chi connectivity index (χ2n) is 15.4. The summed E-state index contributed by atoms with van der Waals surface area (Å²) in [6, 6.07) is 75.5. The molecule has 0 aliphatic heterocycles. The summed E-state index contributed by atoms with van der Waals surface area (Å²) in [5.41, 5.74) is 16.8. The van der Waals surface area contributed by atoms with Crippen LogP contribution in [0.25, 0.3) is 81.0 Å². The third-order valence-corrected chi connectivity index (χ3v) is 13.0. The first-order valence-electron chi connectivity index (χ1n) is 20.3. The molecule has 0 N–H and O–H groups in total. The second-order valence-corrected chi connectivity index (χ2v) is 16.5. The maximum Gasteiger partial charge on any atom is 0.0555 e. The molecule has 280 valence electrons. The Labute approximate surface area is 348 Å². The van der Waals surface area contributed by atoms with Crippen LogP contribution in [0.3, 0.4) is 0 Å². The summed E-state index contributed by atoms with van der Waals surface area (Å²) in [4.78, 5) is 2.49. The molecule has 11 rings (SSSR count). The lowest BCUT2D eigenvalue weighted by atomic mass is 9.91. The van der Waals surface area contributed by atoms with Crippen molar-refractivity contribution >= 4 is 70.4 Å². The molecule has 0 spiro atoms. The highest BCUT2D eigenvalue weighted by Crippen LogP contribution is 2.50. The highest BCUT2D eigenvalue weighted by atomic mass is 32.1. The lowest BCUT2D eigenvalue weighted by molar-refractivity contribution is 1.18. The summed E-state index contributed by atoms with van der Waals surface area (Å²) in [6.45, 7) is 4.42. The highest BCUT2D eigenvalue weighted by molar-refractivity contribution is 7.26. The third kappa shape index (κ3) is 5.93. The molecule has 0 radical (unpaired) electrons. The number of para-hydroxylation sites is 2. The van der Waals surface area contributed by atoms with Gasteiger partial charge in [-0.05, 0) is 113 Å². The number of rotatable bonds is 7. The minimum Gasteiger partial charge on any atom is -0.310 e. The van der Waals surface area contributed by atoms with Gasteiger partial charge in [0.1, 0.15) is 0 Å². The zero-order valence-corrected chi connectivity index (χ0v) is 33.7. The number of hydrogen-bond donors (Lipinski definition) is 0. The molecule has 0 atom stereocenters. The molecule has 3 heteroatoms. The van der Waals surface area contributed by atoms with Crippen molar-refractivity contribution in [1.29, 1.82) is 0 Å². The number of anilines is 3. The summed E-state index contributed by atoms with van der Waals surface area (Å²) in [5, 5.41) is 5.08. The Morgan fingerprint density at radius 3 is 1.61 bits per heavy atom. The topological polar surface area (TPSA) is 8.17 Å². The molecule has 0 unspecified atom stereocenters. The first kappa shape index (κ1) is 35.0. The summed E-state index contributed by atoms with van der Waals surface area (Å²) in [7, 11) is 0. The first-order chi connectivity index (χ1) is 29.1. The van der Waals surface area contributed by atoms with Crippen LogP contribution in [0.4, 0.5) is 17.1 Å². The molecule has 0 aliphatic carbocycles. The van der Waals surface area contributed by atoms with Crippen LogP contribution >= 0.6 is 11.3 Å². The van der Waals surface area contributed by atoms with Crippen LogP contribution in [-0.2, 0) is 0 Å². The van der Waals surface area contributed by atoms with Gasteiger partial charge in [-0.1, -0.05) is 151 Å². The van der Waals surface area contributed by atoms with Crippen molar-refractivity contribution in [3.8, 4) is 39.1 Å². The van der Waals surface area contributed by atoms with E-state index in [1.165, 1.54) is 92.2 Å². The monoisotopic (exact) mass is 772 g/mol. The SMILES string of the molecule is Cc1ccc(N(c2cc(-c3ccccc3)c(-c3ccccc3)cc2C)c2ccc(-c3ccc(-n4c5ccccc5c5ccccc54)cc3)c3sc4ccccc4c23)cc1. The molecule has 0 bridgehead atoms. The molecule has 0 saturated heterocycles. The summed E-state index contributed by atoms with van der Waals surface area (Å²) in [6.07, 6.45) is 0. The van der Waals surface area contributed by atoms with E-state index in [4.69, 9.17) is 0 Å². The van der Waals surface area contributed by atoms with Crippen molar-refractivity contribution in [3.63, 3.8) is 0 Å². The molecule has 0 aliphatic rings. The second kappa shape index (κ2) is 14.3. The quantitative estimate of drug-likeness (QED) is 0.157. The van der Waals surface area contributed by atoms with Crippen molar-refractivity contribution in [2.45, 2.75) is 13.8 Å². The van der Waals surface area contributed by atoms with Crippen LogP contribution in [0, 0.1) is 13.8 Å². The van der Waals surface area contributed by atoms with Crippen LogP contribution in [-0.4, -0.2) is 4.57 Å². The molecule has 2 heterocycles.